The van der Waals surface area contributed by atoms with Crippen LogP contribution < -0.4 is 10.1 Å². The highest BCUT2D eigenvalue weighted by molar-refractivity contribution is 5.85. The molecule has 0 spiro atoms. The molecule has 0 aliphatic rings. The maximum atomic E-state index is 11.8. The second-order valence-electron chi connectivity index (χ2n) is 7.39. The first-order valence-electron chi connectivity index (χ1n) is 9.27. The van der Waals surface area contributed by atoms with Crippen molar-refractivity contribution in [3.05, 3.63) is 59.2 Å². The maximum Gasteiger partial charge on any atom is 0.412 e. The zero-order valence-electron chi connectivity index (χ0n) is 17.8. The highest BCUT2D eigenvalue weighted by Crippen LogP contribution is 2.29. The van der Waals surface area contributed by atoms with E-state index in [0.717, 1.165) is 16.7 Å². The minimum Gasteiger partial charge on any atom is -0.496 e. The number of rotatable bonds is 7. The van der Waals surface area contributed by atoms with Crippen LogP contribution in [0.2, 0.25) is 0 Å². The van der Waals surface area contributed by atoms with Crippen LogP contribution in [-0.4, -0.2) is 33.0 Å². The third-order valence-electron chi connectivity index (χ3n) is 3.96. The van der Waals surface area contributed by atoms with Gasteiger partial charge < -0.3 is 18.9 Å². The van der Waals surface area contributed by atoms with Gasteiger partial charge in [0.25, 0.3) is 0 Å². The molecule has 0 radical (unpaired) electrons. The fourth-order valence-electron chi connectivity index (χ4n) is 2.67. The summed E-state index contributed by atoms with van der Waals surface area (Å²) < 4.78 is 21.3. The Morgan fingerprint density at radius 3 is 2.07 bits per heavy atom. The first-order chi connectivity index (χ1) is 13.8. The number of carbonyl (C=O) groups is 1. The number of nitrogens with one attached hydrogen (secondary N) is 1. The van der Waals surface area contributed by atoms with Crippen LogP contribution in [0.1, 0.15) is 43.8 Å². The first kappa shape index (κ1) is 22.5. The topological polar surface area (TPSA) is 66.0 Å². The summed E-state index contributed by atoms with van der Waals surface area (Å²) in [7, 11) is 4.79. The van der Waals surface area contributed by atoms with E-state index in [2.05, 4.69) is 5.32 Å². The van der Waals surface area contributed by atoms with Crippen LogP contribution in [0.3, 0.4) is 0 Å². The smallest absolute Gasteiger partial charge is 0.412 e. The molecule has 6 nitrogen and oxygen atoms in total. The lowest BCUT2D eigenvalue weighted by Crippen LogP contribution is -2.27. The SMILES string of the molecule is COc1cc(C=Cc2ccc(NC(=O)OC(C)(C)C)cc2)ccc1C(OC)OC. The van der Waals surface area contributed by atoms with E-state index in [1.807, 2.05) is 75.4 Å². The van der Waals surface area contributed by atoms with Gasteiger partial charge in [-0.2, -0.15) is 0 Å². The largest absolute Gasteiger partial charge is 0.496 e. The van der Waals surface area contributed by atoms with Gasteiger partial charge in [-0.1, -0.05) is 30.4 Å². The van der Waals surface area contributed by atoms with Crippen LogP contribution in [0, 0.1) is 0 Å². The van der Waals surface area contributed by atoms with Crippen molar-refractivity contribution in [1.29, 1.82) is 0 Å². The number of benzene rings is 2. The van der Waals surface area contributed by atoms with Crippen LogP contribution in [0.25, 0.3) is 12.2 Å². The Hall–Kier alpha value is -2.83. The standard InChI is InChI=1S/C23H29NO5/c1-23(2,3)29-22(25)24-18-12-9-16(10-13-18)7-8-17-11-14-19(20(15-17)26-4)21(27-5)28-6/h7-15,21H,1-6H3,(H,24,25). The number of carbonyl (C=O) groups excluding carboxylic acids is 1. The van der Waals surface area contributed by atoms with Crippen molar-refractivity contribution < 1.29 is 23.7 Å². The predicted molar refractivity (Wildman–Crippen MR) is 115 cm³/mol. The van der Waals surface area contributed by atoms with Crippen molar-refractivity contribution in [2.45, 2.75) is 32.7 Å². The fraction of sp³-hybridized carbons (Fsp3) is 0.348. The van der Waals surface area contributed by atoms with Crippen LogP contribution in [0.5, 0.6) is 5.75 Å². The van der Waals surface area contributed by atoms with Crippen LogP contribution in [-0.2, 0) is 14.2 Å². The Bertz CT molecular complexity index is 833. The van der Waals surface area contributed by atoms with Crippen LogP contribution in [0.4, 0.5) is 10.5 Å². The molecule has 0 aliphatic heterocycles. The number of anilines is 1. The lowest BCUT2D eigenvalue weighted by Gasteiger charge is -2.19. The van der Waals surface area contributed by atoms with Gasteiger partial charge in [0.15, 0.2) is 6.29 Å². The van der Waals surface area contributed by atoms with Gasteiger partial charge in [-0.25, -0.2) is 4.79 Å². The van der Waals surface area contributed by atoms with Gasteiger partial charge >= 0.3 is 6.09 Å². The summed E-state index contributed by atoms with van der Waals surface area (Å²) in [6.45, 7) is 5.48. The van der Waals surface area contributed by atoms with Gasteiger partial charge in [-0.05, 0) is 56.2 Å². The summed E-state index contributed by atoms with van der Waals surface area (Å²) >= 11 is 0. The lowest BCUT2D eigenvalue weighted by atomic mass is 10.1. The minimum atomic E-state index is -0.532. The van der Waals surface area contributed by atoms with Crippen molar-refractivity contribution in [3.63, 3.8) is 0 Å². The molecule has 0 saturated heterocycles. The molecule has 0 heterocycles. The molecule has 0 aromatic heterocycles. The molecule has 2 aromatic carbocycles. The average molecular weight is 399 g/mol. The first-order valence-corrected chi connectivity index (χ1v) is 9.27. The van der Waals surface area contributed by atoms with Gasteiger partial charge in [0.2, 0.25) is 0 Å². The van der Waals surface area contributed by atoms with Crippen molar-refractivity contribution in [3.8, 4) is 5.75 Å². The summed E-state index contributed by atoms with van der Waals surface area (Å²) in [6, 6.07) is 13.3. The molecule has 0 fully saturated rings. The molecule has 1 N–H and O–H groups in total. The molecule has 1 amide bonds. The number of methoxy groups -OCH3 is 3. The van der Waals surface area contributed by atoms with E-state index in [1.54, 1.807) is 21.3 Å². The van der Waals surface area contributed by atoms with Crippen LogP contribution in [0.15, 0.2) is 42.5 Å². The summed E-state index contributed by atoms with van der Waals surface area (Å²) in [4.78, 5) is 11.8. The molecule has 29 heavy (non-hydrogen) atoms. The van der Waals surface area contributed by atoms with Gasteiger partial charge in [-0.3, -0.25) is 5.32 Å². The fourth-order valence-corrected chi connectivity index (χ4v) is 2.67. The quantitative estimate of drug-likeness (QED) is 0.492. The predicted octanol–water partition coefficient (Wildman–Crippen LogP) is 5.50. The maximum absolute atomic E-state index is 11.8. The van der Waals surface area contributed by atoms with Crippen molar-refractivity contribution in [2.75, 3.05) is 26.6 Å². The summed E-state index contributed by atoms with van der Waals surface area (Å²) in [5, 5.41) is 2.72. The van der Waals surface area contributed by atoms with Crippen LogP contribution >= 0.6 is 0 Å². The highest BCUT2D eigenvalue weighted by atomic mass is 16.7. The molecule has 0 atom stereocenters. The molecular weight excluding hydrogens is 370 g/mol. The van der Waals surface area contributed by atoms with E-state index in [1.165, 1.54) is 0 Å². The normalized spacial score (nSPS) is 11.7. The molecule has 156 valence electrons. The van der Waals surface area contributed by atoms with Gasteiger partial charge in [0.1, 0.15) is 11.4 Å². The zero-order chi connectivity index (χ0) is 21.4. The number of hydrogen-bond donors (Lipinski definition) is 1. The Labute approximate surface area is 172 Å². The van der Waals surface area contributed by atoms with E-state index in [0.29, 0.717) is 11.4 Å². The molecule has 2 rings (SSSR count). The van der Waals surface area contributed by atoms with Crippen molar-refractivity contribution in [1.82, 2.24) is 0 Å². The Morgan fingerprint density at radius 1 is 0.931 bits per heavy atom. The highest BCUT2D eigenvalue weighted by Gasteiger charge is 2.16. The van der Waals surface area contributed by atoms with E-state index < -0.39 is 18.0 Å². The lowest BCUT2D eigenvalue weighted by molar-refractivity contribution is -0.106. The number of ether oxygens (including phenoxy) is 4. The average Bonchev–Trinajstić information content (AvgIpc) is 2.67. The zero-order valence-corrected chi connectivity index (χ0v) is 17.8. The van der Waals surface area contributed by atoms with Gasteiger partial charge in [-0.15, -0.1) is 0 Å². The summed E-state index contributed by atoms with van der Waals surface area (Å²) in [5.74, 6) is 0.692. The molecule has 0 bridgehead atoms. The summed E-state index contributed by atoms with van der Waals surface area (Å²) in [6.07, 6.45) is 3.01. The third kappa shape index (κ3) is 6.93. The molecule has 0 unspecified atom stereocenters. The Morgan fingerprint density at radius 2 is 1.52 bits per heavy atom. The van der Waals surface area contributed by atoms with E-state index in [4.69, 9.17) is 18.9 Å². The summed E-state index contributed by atoms with van der Waals surface area (Å²) in [5.41, 5.74) is 2.94. The second kappa shape index (κ2) is 10.1. The number of hydrogen-bond acceptors (Lipinski definition) is 5. The van der Waals surface area contributed by atoms with E-state index in [9.17, 15) is 4.79 Å². The Balaban J connectivity index is 2.07. The molecular formula is C23H29NO5. The minimum absolute atomic E-state index is 0.474. The molecule has 6 heteroatoms. The molecule has 0 aliphatic carbocycles. The van der Waals surface area contributed by atoms with Gasteiger partial charge in [0, 0.05) is 25.5 Å². The van der Waals surface area contributed by atoms with E-state index >= 15 is 0 Å². The molecule has 0 saturated carbocycles. The number of amides is 1. The molecule has 2 aromatic rings. The van der Waals surface area contributed by atoms with E-state index in [-0.39, 0.29) is 0 Å². The van der Waals surface area contributed by atoms with Crippen molar-refractivity contribution >= 4 is 23.9 Å². The monoisotopic (exact) mass is 399 g/mol. The third-order valence-corrected chi connectivity index (χ3v) is 3.96. The Kier molecular flexibility index (Phi) is 7.82. The second-order valence-corrected chi connectivity index (χ2v) is 7.39. The van der Waals surface area contributed by atoms with Gasteiger partial charge in [0.05, 0.1) is 7.11 Å². The van der Waals surface area contributed by atoms with Crippen molar-refractivity contribution in [2.24, 2.45) is 0 Å².